The third-order valence-corrected chi connectivity index (χ3v) is 2.72. The van der Waals surface area contributed by atoms with E-state index < -0.39 is 24.0 Å². The molecule has 1 aromatic carbocycles. The minimum atomic E-state index is -2.87. The Hall–Kier alpha value is -2.08. The Bertz CT molecular complexity index is 468. The number of rotatable bonds is 4. The van der Waals surface area contributed by atoms with E-state index in [1.165, 1.54) is 12.1 Å². The van der Waals surface area contributed by atoms with Gasteiger partial charge in [-0.3, -0.25) is 0 Å². The zero-order valence-electron chi connectivity index (χ0n) is 9.97. The predicted octanol–water partition coefficient (Wildman–Crippen LogP) is 0.452. The van der Waals surface area contributed by atoms with Gasteiger partial charge < -0.3 is 20.4 Å². The third-order valence-electron chi connectivity index (χ3n) is 2.72. The number of carboxylic acid groups (broad SMARTS) is 2. The van der Waals surface area contributed by atoms with Gasteiger partial charge in [0.15, 0.2) is 0 Å². The van der Waals surface area contributed by atoms with Crippen LogP contribution < -0.4 is 0 Å². The summed E-state index contributed by atoms with van der Waals surface area (Å²) in [5, 5.41) is 36.7. The van der Waals surface area contributed by atoms with Crippen molar-refractivity contribution in [2.24, 2.45) is 0 Å². The lowest BCUT2D eigenvalue weighted by Gasteiger charge is -2.19. The minimum Gasteiger partial charge on any atom is -0.507 e. The molecular weight excluding hydrogens is 240 g/mol. The lowest BCUT2D eigenvalue weighted by Crippen LogP contribution is -2.48. The second-order valence-electron chi connectivity index (χ2n) is 4.23. The highest BCUT2D eigenvalue weighted by molar-refractivity contribution is 6.01. The van der Waals surface area contributed by atoms with Gasteiger partial charge in [0.1, 0.15) is 5.75 Å². The second-order valence-corrected chi connectivity index (χ2v) is 4.23. The quantitative estimate of drug-likeness (QED) is 0.580. The average Bonchev–Trinajstić information content (AvgIpc) is 2.25. The highest BCUT2D eigenvalue weighted by Crippen LogP contribution is 2.25. The number of carboxylic acids is 2. The van der Waals surface area contributed by atoms with E-state index in [1.807, 2.05) is 0 Å². The Morgan fingerprint density at radius 3 is 1.83 bits per heavy atom. The van der Waals surface area contributed by atoms with E-state index in [-0.39, 0.29) is 5.75 Å². The summed E-state index contributed by atoms with van der Waals surface area (Å²) in [5.41, 5.74) is -1.56. The molecule has 0 bridgehead atoms. The van der Waals surface area contributed by atoms with Crippen molar-refractivity contribution >= 4 is 11.9 Å². The van der Waals surface area contributed by atoms with Crippen molar-refractivity contribution < 1.29 is 30.0 Å². The largest absolute Gasteiger partial charge is 0.507 e. The number of carbonyl (C=O) groups is 2. The molecule has 4 N–H and O–H groups in total. The summed E-state index contributed by atoms with van der Waals surface area (Å²) in [6, 6.07) is 2.89. The number of aliphatic carboxylic acids is 2. The molecule has 0 radical (unpaired) electrons. The summed E-state index contributed by atoms with van der Waals surface area (Å²) in [5.74, 6) is -3.58. The van der Waals surface area contributed by atoms with Crippen LogP contribution in [0.1, 0.15) is 16.7 Å². The fourth-order valence-corrected chi connectivity index (χ4v) is 1.69. The lowest BCUT2D eigenvalue weighted by molar-refractivity contribution is -0.175. The molecule has 1 rings (SSSR count). The van der Waals surface area contributed by atoms with Gasteiger partial charge in [0, 0.05) is 6.42 Å². The number of phenolic OH excluding ortho intramolecular Hbond substituents is 1. The number of hydrogen-bond acceptors (Lipinski definition) is 4. The van der Waals surface area contributed by atoms with Gasteiger partial charge in [-0.1, -0.05) is 12.1 Å². The number of aromatic hydroxyl groups is 1. The van der Waals surface area contributed by atoms with E-state index in [1.54, 1.807) is 13.8 Å². The molecule has 18 heavy (non-hydrogen) atoms. The van der Waals surface area contributed by atoms with Crippen LogP contribution in [0.5, 0.6) is 5.75 Å². The van der Waals surface area contributed by atoms with E-state index in [0.29, 0.717) is 16.7 Å². The molecule has 0 saturated carbocycles. The summed E-state index contributed by atoms with van der Waals surface area (Å²) in [4.78, 5) is 21.6. The maximum absolute atomic E-state index is 10.8. The highest BCUT2D eigenvalue weighted by atomic mass is 16.4. The first-order valence-corrected chi connectivity index (χ1v) is 5.16. The summed E-state index contributed by atoms with van der Waals surface area (Å²) in [6.07, 6.45) is -0.570. The van der Waals surface area contributed by atoms with Crippen molar-refractivity contribution in [2.75, 3.05) is 0 Å². The van der Waals surface area contributed by atoms with Crippen molar-refractivity contribution in [1.82, 2.24) is 0 Å². The maximum Gasteiger partial charge on any atom is 0.347 e. The highest BCUT2D eigenvalue weighted by Gasteiger charge is 2.44. The molecule has 0 spiro atoms. The number of benzene rings is 1. The van der Waals surface area contributed by atoms with Crippen LogP contribution in [-0.2, 0) is 16.0 Å². The molecule has 0 heterocycles. The van der Waals surface area contributed by atoms with Crippen molar-refractivity contribution in [3.05, 3.63) is 28.8 Å². The van der Waals surface area contributed by atoms with Gasteiger partial charge in [-0.25, -0.2) is 9.59 Å². The molecule has 0 aliphatic carbocycles. The number of aryl methyl sites for hydroxylation is 2. The average molecular weight is 254 g/mol. The van der Waals surface area contributed by atoms with Crippen LogP contribution >= 0.6 is 0 Å². The number of aliphatic hydroxyl groups is 1. The van der Waals surface area contributed by atoms with Gasteiger partial charge in [0.2, 0.25) is 0 Å². The molecule has 0 aliphatic heterocycles. The van der Waals surface area contributed by atoms with Crippen LogP contribution in [0.3, 0.4) is 0 Å². The van der Waals surface area contributed by atoms with Crippen LogP contribution in [0.2, 0.25) is 0 Å². The fourth-order valence-electron chi connectivity index (χ4n) is 1.69. The molecule has 0 aliphatic rings. The monoisotopic (exact) mass is 254 g/mol. The molecule has 1 aromatic rings. The topological polar surface area (TPSA) is 115 Å². The molecule has 98 valence electrons. The first kappa shape index (κ1) is 14.0. The van der Waals surface area contributed by atoms with E-state index in [0.717, 1.165) is 0 Å². The first-order valence-electron chi connectivity index (χ1n) is 5.16. The maximum atomic E-state index is 10.8. The van der Waals surface area contributed by atoms with Gasteiger partial charge in [-0.05, 0) is 30.5 Å². The summed E-state index contributed by atoms with van der Waals surface area (Å²) in [6.45, 7) is 3.21. The van der Waals surface area contributed by atoms with E-state index >= 15 is 0 Å². The first-order chi connectivity index (χ1) is 8.18. The normalized spacial score (nSPS) is 11.3. The van der Waals surface area contributed by atoms with Crippen LogP contribution in [0, 0.1) is 13.8 Å². The molecule has 0 atom stereocenters. The van der Waals surface area contributed by atoms with Crippen LogP contribution in [-0.4, -0.2) is 38.0 Å². The smallest absolute Gasteiger partial charge is 0.347 e. The SMILES string of the molecule is Cc1cc(CC(O)(C(=O)O)C(=O)O)cc(C)c1O. The van der Waals surface area contributed by atoms with Crippen LogP contribution in [0.15, 0.2) is 12.1 Å². The molecule has 0 fully saturated rings. The van der Waals surface area contributed by atoms with Crippen molar-refractivity contribution in [1.29, 1.82) is 0 Å². The van der Waals surface area contributed by atoms with Gasteiger partial charge in [-0.15, -0.1) is 0 Å². The van der Waals surface area contributed by atoms with Crippen molar-refractivity contribution in [3.63, 3.8) is 0 Å². The summed E-state index contributed by atoms with van der Waals surface area (Å²) in [7, 11) is 0. The zero-order valence-corrected chi connectivity index (χ0v) is 9.97. The number of hydrogen-bond donors (Lipinski definition) is 4. The van der Waals surface area contributed by atoms with Gasteiger partial charge in [0.05, 0.1) is 0 Å². The predicted molar refractivity (Wildman–Crippen MR) is 61.5 cm³/mol. The molecular formula is C12H14O6. The summed E-state index contributed by atoms with van der Waals surface area (Å²) < 4.78 is 0. The Balaban J connectivity index is 3.18. The molecule has 0 aromatic heterocycles. The van der Waals surface area contributed by atoms with Gasteiger partial charge in [0.25, 0.3) is 5.60 Å². The standard InChI is InChI=1S/C12H14O6/c1-6-3-8(4-7(2)9(6)13)5-12(18,10(14)15)11(16)17/h3-4,13,18H,5H2,1-2H3,(H,14,15)(H,16,17). The van der Waals surface area contributed by atoms with Crippen LogP contribution in [0.4, 0.5) is 0 Å². The lowest BCUT2D eigenvalue weighted by atomic mass is 9.92. The fraction of sp³-hybridized carbons (Fsp3) is 0.333. The Labute approximate surface area is 103 Å². The van der Waals surface area contributed by atoms with Crippen molar-refractivity contribution in [3.8, 4) is 5.75 Å². The second kappa shape index (κ2) is 4.66. The van der Waals surface area contributed by atoms with E-state index in [9.17, 15) is 19.8 Å². The van der Waals surface area contributed by atoms with E-state index in [2.05, 4.69) is 0 Å². The minimum absolute atomic E-state index is 0.0629. The zero-order chi connectivity index (χ0) is 14.1. The molecule has 6 heteroatoms. The molecule has 6 nitrogen and oxygen atoms in total. The Kier molecular flexibility index (Phi) is 3.62. The number of phenols is 1. The third kappa shape index (κ3) is 2.43. The molecule has 0 saturated heterocycles. The Morgan fingerprint density at radius 1 is 1.11 bits per heavy atom. The van der Waals surface area contributed by atoms with Gasteiger partial charge in [-0.2, -0.15) is 0 Å². The van der Waals surface area contributed by atoms with Gasteiger partial charge >= 0.3 is 11.9 Å². The van der Waals surface area contributed by atoms with Crippen molar-refractivity contribution in [2.45, 2.75) is 25.9 Å². The van der Waals surface area contributed by atoms with Crippen LogP contribution in [0.25, 0.3) is 0 Å². The molecule has 0 unspecified atom stereocenters. The Morgan fingerprint density at radius 2 is 1.50 bits per heavy atom. The molecule has 0 amide bonds. The van der Waals surface area contributed by atoms with E-state index in [4.69, 9.17) is 10.2 Å². The summed E-state index contributed by atoms with van der Waals surface area (Å²) >= 11 is 0.